The molecular formula is C17H25NO. The Morgan fingerprint density at radius 2 is 1.68 bits per heavy atom. The fourth-order valence-electron chi connectivity index (χ4n) is 5.91. The lowest BCUT2D eigenvalue weighted by atomic mass is 9.41. The second-order valence-electron chi connectivity index (χ2n) is 7.74. The van der Waals surface area contributed by atoms with Crippen LogP contribution >= 0.6 is 0 Å². The van der Waals surface area contributed by atoms with E-state index in [-0.39, 0.29) is 10.8 Å². The zero-order chi connectivity index (χ0) is 13.7. The van der Waals surface area contributed by atoms with Gasteiger partial charge in [0.25, 0.3) is 0 Å². The van der Waals surface area contributed by atoms with Crippen LogP contribution in [0, 0.1) is 39.9 Å². The Hall–Kier alpha value is -0.840. The summed E-state index contributed by atoms with van der Waals surface area (Å²) in [5.41, 5.74) is -0.0246. The number of nitrogens with zero attached hydrogens (tertiary/aromatic N) is 1. The van der Waals surface area contributed by atoms with Crippen LogP contribution < -0.4 is 0 Å². The van der Waals surface area contributed by atoms with E-state index < -0.39 is 0 Å². The second kappa shape index (κ2) is 4.33. The second-order valence-corrected chi connectivity index (χ2v) is 7.74. The SMILES string of the molecule is CC(=O)C(C)(CCC#N)C12CC3CC(CC(C3)C1)C2. The van der Waals surface area contributed by atoms with Gasteiger partial charge in [0, 0.05) is 11.8 Å². The average Bonchev–Trinajstić information content (AvgIpc) is 2.33. The molecule has 2 nitrogen and oxygen atoms in total. The molecule has 4 rings (SSSR count). The van der Waals surface area contributed by atoms with Gasteiger partial charge < -0.3 is 0 Å². The maximum absolute atomic E-state index is 12.4. The van der Waals surface area contributed by atoms with Gasteiger partial charge >= 0.3 is 0 Å². The van der Waals surface area contributed by atoms with Crippen LogP contribution in [0.5, 0.6) is 0 Å². The highest BCUT2D eigenvalue weighted by Crippen LogP contribution is 2.67. The van der Waals surface area contributed by atoms with Gasteiger partial charge in [-0.15, -0.1) is 0 Å². The Morgan fingerprint density at radius 3 is 2.05 bits per heavy atom. The molecule has 1 atom stereocenters. The van der Waals surface area contributed by atoms with Crippen molar-refractivity contribution in [2.75, 3.05) is 0 Å². The van der Waals surface area contributed by atoms with Gasteiger partial charge in [-0.25, -0.2) is 0 Å². The highest BCUT2D eigenvalue weighted by Gasteiger charge is 2.59. The van der Waals surface area contributed by atoms with Crippen LogP contribution in [-0.2, 0) is 4.79 Å². The monoisotopic (exact) mass is 259 g/mol. The first-order valence-electron chi connectivity index (χ1n) is 7.87. The molecular weight excluding hydrogens is 234 g/mol. The van der Waals surface area contributed by atoms with Crippen molar-refractivity contribution >= 4 is 5.78 Å². The highest BCUT2D eigenvalue weighted by atomic mass is 16.1. The largest absolute Gasteiger partial charge is 0.299 e. The van der Waals surface area contributed by atoms with Crippen molar-refractivity contribution in [2.24, 2.45) is 28.6 Å². The van der Waals surface area contributed by atoms with Crippen LogP contribution in [0.25, 0.3) is 0 Å². The zero-order valence-electron chi connectivity index (χ0n) is 12.2. The van der Waals surface area contributed by atoms with E-state index >= 15 is 0 Å². The lowest BCUT2D eigenvalue weighted by molar-refractivity contribution is -0.157. The zero-order valence-corrected chi connectivity index (χ0v) is 12.2. The summed E-state index contributed by atoms with van der Waals surface area (Å²) in [6, 6.07) is 2.26. The molecule has 0 amide bonds. The number of ketones is 1. The Labute approximate surface area is 116 Å². The number of carbonyl (C=O) groups excluding carboxylic acids is 1. The van der Waals surface area contributed by atoms with Crippen LogP contribution in [0.2, 0.25) is 0 Å². The molecule has 4 saturated carbocycles. The van der Waals surface area contributed by atoms with E-state index in [9.17, 15) is 4.79 Å². The van der Waals surface area contributed by atoms with Gasteiger partial charge in [0.05, 0.1) is 6.07 Å². The van der Waals surface area contributed by atoms with Crippen LogP contribution in [-0.4, -0.2) is 5.78 Å². The summed E-state index contributed by atoms with van der Waals surface area (Å²) in [5, 5.41) is 8.93. The van der Waals surface area contributed by atoms with Crippen LogP contribution in [0.3, 0.4) is 0 Å². The van der Waals surface area contributed by atoms with Crippen LogP contribution in [0.15, 0.2) is 0 Å². The maximum Gasteiger partial charge on any atom is 0.136 e. The summed E-state index contributed by atoms with van der Waals surface area (Å²) in [6.45, 7) is 3.93. The molecule has 4 aliphatic rings. The third-order valence-corrected chi connectivity index (χ3v) is 6.72. The number of nitriles is 1. The average molecular weight is 259 g/mol. The molecule has 0 spiro atoms. The lowest BCUT2D eigenvalue weighted by Gasteiger charge is -2.62. The smallest absolute Gasteiger partial charge is 0.136 e. The van der Waals surface area contributed by atoms with Crippen molar-refractivity contribution in [2.45, 2.75) is 65.2 Å². The van der Waals surface area contributed by atoms with Gasteiger partial charge in [0.2, 0.25) is 0 Å². The van der Waals surface area contributed by atoms with Gasteiger partial charge in [-0.2, -0.15) is 5.26 Å². The van der Waals surface area contributed by atoms with E-state index in [4.69, 9.17) is 5.26 Å². The first-order chi connectivity index (χ1) is 8.99. The van der Waals surface area contributed by atoms with Crippen molar-refractivity contribution < 1.29 is 4.79 Å². The van der Waals surface area contributed by atoms with Gasteiger partial charge in [-0.05, 0) is 75.0 Å². The molecule has 0 aromatic rings. The predicted molar refractivity (Wildman–Crippen MR) is 74.2 cm³/mol. The quantitative estimate of drug-likeness (QED) is 0.762. The van der Waals surface area contributed by atoms with Crippen molar-refractivity contribution in [1.29, 1.82) is 5.26 Å². The summed E-state index contributed by atoms with van der Waals surface area (Å²) in [7, 11) is 0. The fraction of sp³-hybridized carbons (Fsp3) is 0.882. The molecule has 0 aromatic carbocycles. The normalized spacial score (nSPS) is 42.7. The Kier molecular flexibility index (Phi) is 3.00. The minimum atomic E-state index is -0.251. The first kappa shape index (κ1) is 13.2. The fourth-order valence-corrected chi connectivity index (χ4v) is 5.91. The Bertz CT molecular complexity index is 398. The summed E-state index contributed by atoms with van der Waals surface area (Å²) in [4.78, 5) is 12.4. The van der Waals surface area contributed by atoms with E-state index in [1.807, 2.05) is 0 Å². The van der Waals surface area contributed by atoms with E-state index in [0.717, 1.165) is 24.2 Å². The van der Waals surface area contributed by atoms with Crippen LogP contribution in [0.1, 0.15) is 65.2 Å². The van der Waals surface area contributed by atoms with Crippen LogP contribution in [0.4, 0.5) is 0 Å². The topological polar surface area (TPSA) is 40.9 Å². The van der Waals surface area contributed by atoms with Gasteiger partial charge in [-0.1, -0.05) is 6.92 Å². The number of hydrogen-bond donors (Lipinski definition) is 0. The molecule has 0 radical (unpaired) electrons. The van der Waals surface area contributed by atoms with Crippen molar-refractivity contribution in [3.05, 3.63) is 0 Å². The Balaban J connectivity index is 1.93. The number of Topliss-reactive ketones (excluding diaryl/α,β-unsaturated/α-hetero) is 1. The third kappa shape index (κ3) is 1.85. The maximum atomic E-state index is 12.4. The molecule has 1 unspecified atom stereocenters. The third-order valence-electron chi connectivity index (χ3n) is 6.72. The minimum Gasteiger partial charge on any atom is -0.299 e. The van der Waals surface area contributed by atoms with Crippen molar-refractivity contribution in [1.82, 2.24) is 0 Å². The molecule has 4 bridgehead atoms. The van der Waals surface area contributed by atoms with E-state index in [2.05, 4.69) is 13.0 Å². The van der Waals surface area contributed by atoms with Gasteiger partial charge in [0.15, 0.2) is 0 Å². The molecule has 0 heterocycles. The summed E-state index contributed by atoms with van der Waals surface area (Å²) < 4.78 is 0. The van der Waals surface area contributed by atoms with E-state index in [1.165, 1.54) is 38.5 Å². The standard InChI is InChI=1S/C17H25NO/c1-12(19)16(2,4-3-5-18)17-9-13-6-14(10-17)8-15(7-13)11-17/h13-15H,3-4,6-11H2,1-2H3. The molecule has 19 heavy (non-hydrogen) atoms. The minimum absolute atomic E-state index is 0.227. The summed E-state index contributed by atoms with van der Waals surface area (Å²) in [5.74, 6) is 2.93. The lowest BCUT2D eigenvalue weighted by Crippen LogP contribution is -2.56. The number of rotatable bonds is 4. The Morgan fingerprint density at radius 1 is 1.21 bits per heavy atom. The predicted octanol–water partition coefficient (Wildman–Crippen LogP) is 4.10. The summed E-state index contributed by atoms with van der Waals surface area (Å²) in [6.07, 6.45) is 9.27. The highest BCUT2D eigenvalue weighted by molar-refractivity contribution is 5.83. The van der Waals surface area contributed by atoms with Crippen molar-refractivity contribution in [3.8, 4) is 6.07 Å². The van der Waals surface area contributed by atoms with Gasteiger partial charge in [-0.3, -0.25) is 4.79 Å². The molecule has 4 fully saturated rings. The van der Waals surface area contributed by atoms with Gasteiger partial charge in [0.1, 0.15) is 5.78 Å². The molecule has 0 saturated heterocycles. The molecule has 104 valence electrons. The molecule has 0 aliphatic heterocycles. The first-order valence-corrected chi connectivity index (χ1v) is 7.87. The number of hydrogen-bond acceptors (Lipinski definition) is 2. The molecule has 2 heteroatoms. The van der Waals surface area contributed by atoms with E-state index in [0.29, 0.717) is 12.2 Å². The molecule has 0 aromatic heterocycles. The van der Waals surface area contributed by atoms with E-state index in [1.54, 1.807) is 6.92 Å². The number of carbonyl (C=O) groups is 1. The molecule has 4 aliphatic carbocycles. The summed E-state index contributed by atoms with van der Waals surface area (Å²) >= 11 is 0. The molecule has 0 N–H and O–H groups in total. The van der Waals surface area contributed by atoms with Crippen molar-refractivity contribution in [3.63, 3.8) is 0 Å².